The highest BCUT2D eigenvalue weighted by Crippen LogP contribution is 2.34. The molecule has 2 heteroatoms. The van der Waals surface area contributed by atoms with Crippen LogP contribution in [0.15, 0.2) is 24.3 Å². The van der Waals surface area contributed by atoms with Crippen LogP contribution in [0.3, 0.4) is 0 Å². The maximum absolute atomic E-state index is 6.65. The number of hydrogen-bond donors (Lipinski definition) is 1. The molecule has 1 aromatic carbocycles. The van der Waals surface area contributed by atoms with Crippen molar-refractivity contribution in [3.8, 4) is 0 Å². The molecule has 20 heavy (non-hydrogen) atoms. The Balaban J connectivity index is 3.09. The van der Waals surface area contributed by atoms with E-state index in [2.05, 4.69) is 71.0 Å². The zero-order valence-electron chi connectivity index (χ0n) is 14.1. The molecule has 114 valence electrons. The molecule has 0 amide bonds. The molecule has 0 saturated carbocycles. The van der Waals surface area contributed by atoms with Crippen molar-refractivity contribution >= 4 is 0 Å². The van der Waals surface area contributed by atoms with E-state index in [1.54, 1.807) is 0 Å². The Morgan fingerprint density at radius 3 is 2.20 bits per heavy atom. The van der Waals surface area contributed by atoms with Crippen molar-refractivity contribution in [2.24, 2.45) is 11.7 Å². The van der Waals surface area contributed by atoms with Crippen LogP contribution in [0.25, 0.3) is 0 Å². The van der Waals surface area contributed by atoms with Crippen LogP contribution in [0.1, 0.15) is 57.7 Å². The molecule has 1 unspecified atom stereocenters. The SMILES string of the molecule is CCC(CC)(C(N)c1cccc(CC(C)C)c1)N(C)C. The van der Waals surface area contributed by atoms with Gasteiger partial charge in [-0.25, -0.2) is 0 Å². The molecule has 0 aromatic heterocycles. The van der Waals surface area contributed by atoms with E-state index in [1.165, 1.54) is 11.1 Å². The fourth-order valence-corrected chi connectivity index (χ4v) is 3.30. The zero-order valence-corrected chi connectivity index (χ0v) is 14.1. The highest BCUT2D eigenvalue weighted by Gasteiger charge is 2.36. The monoisotopic (exact) mass is 276 g/mol. The van der Waals surface area contributed by atoms with E-state index in [4.69, 9.17) is 5.73 Å². The first-order valence-corrected chi connectivity index (χ1v) is 7.89. The Morgan fingerprint density at radius 2 is 1.75 bits per heavy atom. The summed E-state index contributed by atoms with van der Waals surface area (Å²) in [6.07, 6.45) is 3.24. The minimum atomic E-state index is 0.0381. The number of likely N-dealkylation sites (N-methyl/N-ethyl adjacent to an activating group) is 1. The maximum atomic E-state index is 6.65. The van der Waals surface area contributed by atoms with E-state index in [1.807, 2.05) is 0 Å². The molecule has 0 saturated heterocycles. The predicted molar refractivity (Wildman–Crippen MR) is 88.9 cm³/mol. The fourth-order valence-electron chi connectivity index (χ4n) is 3.30. The van der Waals surface area contributed by atoms with Gasteiger partial charge in [-0.15, -0.1) is 0 Å². The third-order valence-corrected chi connectivity index (χ3v) is 4.65. The number of rotatable bonds is 7. The second kappa shape index (κ2) is 7.24. The van der Waals surface area contributed by atoms with Gasteiger partial charge in [0.05, 0.1) is 0 Å². The van der Waals surface area contributed by atoms with Gasteiger partial charge in [0.15, 0.2) is 0 Å². The zero-order chi connectivity index (χ0) is 15.3. The number of nitrogens with zero attached hydrogens (tertiary/aromatic N) is 1. The largest absolute Gasteiger partial charge is 0.322 e. The third kappa shape index (κ3) is 3.62. The van der Waals surface area contributed by atoms with Crippen LogP contribution in [0.5, 0.6) is 0 Å². The van der Waals surface area contributed by atoms with Gasteiger partial charge in [-0.3, -0.25) is 0 Å². The van der Waals surface area contributed by atoms with Crippen LogP contribution >= 0.6 is 0 Å². The summed E-state index contributed by atoms with van der Waals surface area (Å²) in [5.74, 6) is 0.678. The second-order valence-electron chi connectivity index (χ2n) is 6.53. The Kier molecular flexibility index (Phi) is 6.22. The average molecular weight is 276 g/mol. The van der Waals surface area contributed by atoms with Gasteiger partial charge in [0.2, 0.25) is 0 Å². The van der Waals surface area contributed by atoms with Crippen molar-refractivity contribution in [3.05, 3.63) is 35.4 Å². The molecule has 2 nitrogen and oxygen atoms in total. The quantitative estimate of drug-likeness (QED) is 0.815. The summed E-state index contributed by atoms with van der Waals surface area (Å²) in [4.78, 5) is 2.30. The Labute approximate surface area is 125 Å². The molecule has 0 aliphatic carbocycles. The van der Waals surface area contributed by atoms with Gasteiger partial charge in [-0.2, -0.15) is 0 Å². The molecular weight excluding hydrogens is 244 g/mol. The van der Waals surface area contributed by atoms with Crippen LogP contribution in [0.4, 0.5) is 0 Å². The molecule has 0 radical (unpaired) electrons. The van der Waals surface area contributed by atoms with Crippen LogP contribution in [-0.2, 0) is 6.42 Å². The summed E-state index contributed by atoms with van der Waals surface area (Å²) in [6.45, 7) is 8.99. The lowest BCUT2D eigenvalue weighted by Gasteiger charge is -2.43. The van der Waals surface area contributed by atoms with E-state index in [9.17, 15) is 0 Å². The third-order valence-electron chi connectivity index (χ3n) is 4.65. The van der Waals surface area contributed by atoms with Crippen molar-refractivity contribution in [2.75, 3.05) is 14.1 Å². The Hall–Kier alpha value is -0.860. The van der Waals surface area contributed by atoms with Crippen LogP contribution < -0.4 is 5.73 Å². The lowest BCUT2D eigenvalue weighted by Crippen LogP contribution is -2.51. The highest BCUT2D eigenvalue weighted by atomic mass is 15.2. The summed E-state index contributed by atoms with van der Waals surface area (Å²) in [6, 6.07) is 8.90. The number of benzene rings is 1. The molecule has 0 heterocycles. The summed E-state index contributed by atoms with van der Waals surface area (Å²) >= 11 is 0. The van der Waals surface area contributed by atoms with Gasteiger partial charge in [-0.1, -0.05) is 52.0 Å². The second-order valence-corrected chi connectivity index (χ2v) is 6.53. The van der Waals surface area contributed by atoms with Crippen LogP contribution in [-0.4, -0.2) is 24.5 Å². The van der Waals surface area contributed by atoms with E-state index < -0.39 is 0 Å². The number of nitrogens with two attached hydrogens (primary N) is 1. The van der Waals surface area contributed by atoms with Crippen molar-refractivity contribution in [1.82, 2.24) is 4.90 Å². The minimum absolute atomic E-state index is 0.0381. The molecular formula is C18H32N2. The summed E-state index contributed by atoms with van der Waals surface area (Å²) in [5, 5.41) is 0. The van der Waals surface area contributed by atoms with Crippen molar-refractivity contribution in [2.45, 2.75) is 58.5 Å². The van der Waals surface area contributed by atoms with E-state index in [-0.39, 0.29) is 11.6 Å². The van der Waals surface area contributed by atoms with Crippen LogP contribution in [0, 0.1) is 5.92 Å². The van der Waals surface area contributed by atoms with E-state index in [0.717, 1.165) is 19.3 Å². The molecule has 1 atom stereocenters. The minimum Gasteiger partial charge on any atom is -0.322 e. The Morgan fingerprint density at radius 1 is 1.15 bits per heavy atom. The molecule has 2 N–H and O–H groups in total. The van der Waals surface area contributed by atoms with E-state index in [0.29, 0.717) is 5.92 Å². The lowest BCUT2D eigenvalue weighted by atomic mass is 9.79. The van der Waals surface area contributed by atoms with Gasteiger partial charge in [0.1, 0.15) is 0 Å². The van der Waals surface area contributed by atoms with Crippen molar-refractivity contribution in [3.63, 3.8) is 0 Å². The summed E-state index contributed by atoms with van der Waals surface area (Å²) < 4.78 is 0. The predicted octanol–water partition coefficient (Wildman–Crippen LogP) is 4.01. The standard InChI is InChI=1S/C18H32N2/c1-7-18(8-2,20(5)6)17(19)16-11-9-10-15(13-16)12-14(3)4/h9-11,13-14,17H,7-8,12,19H2,1-6H3. The number of hydrogen-bond acceptors (Lipinski definition) is 2. The lowest BCUT2D eigenvalue weighted by molar-refractivity contribution is 0.106. The molecule has 0 aliphatic rings. The summed E-state index contributed by atoms with van der Waals surface area (Å²) in [5.41, 5.74) is 9.35. The molecule has 0 aliphatic heterocycles. The maximum Gasteiger partial charge on any atom is 0.0481 e. The topological polar surface area (TPSA) is 29.3 Å². The molecule has 1 rings (SSSR count). The van der Waals surface area contributed by atoms with Gasteiger partial charge < -0.3 is 10.6 Å². The van der Waals surface area contributed by atoms with Gasteiger partial charge in [0, 0.05) is 11.6 Å². The molecule has 0 spiro atoms. The molecule has 1 aromatic rings. The fraction of sp³-hybridized carbons (Fsp3) is 0.667. The van der Waals surface area contributed by atoms with Crippen molar-refractivity contribution < 1.29 is 0 Å². The molecule has 0 bridgehead atoms. The van der Waals surface area contributed by atoms with Gasteiger partial charge in [-0.05, 0) is 50.4 Å². The van der Waals surface area contributed by atoms with E-state index >= 15 is 0 Å². The summed E-state index contributed by atoms with van der Waals surface area (Å²) in [7, 11) is 4.29. The first-order chi connectivity index (χ1) is 9.37. The average Bonchev–Trinajstić information content (AvgIpc) is 2.39. The van der Waals surface area contributed by atoms with Gasteiger partial charge >= 0.3 is 0 Å². The first-order valence-electron chi connectivity index (χ1n) is 7.89. The highest BCUT2D eigenvalue weighted by molar-refractivity contribution is 5.29. The van der Waals surface area contributed by atoms with Crippen LogP contribution in [0.2, 0.25) is 0 Å². The van der Waals surface area contributed by atoms with Crippen molar-refractivity contribution in [1.29, 1.82) is 0 Å². The normalized spacial score (nSPS) is 14.1. The molecule has 0 fully saturated rings. The smallest absolute Gasteiger partial charge is 0.0481 e. The Bertz CT molecular complexity index is 406. The van der Waals surface area contributed by atoms with Gasteiger partial charge in [0.25, 0.3) is 0 Å². The first kappa shape index (κ1) is 17.2.